The van der Waals surface area contributed by atoms with E-state index in [0.29, 0.717) is 11.1 Å². The molecule has 0 saturated heterocycles. The number of aryl methyl sites for hydroxylation is 4. The molecule has 7 nitrogen and oxygen atoms in total. The molecular formula is C32H30N4O3S. The zero-order chi connectivity index (χ0) is 28.4. The van der Waals surface area contributed by atoms with Crippen LogP contribution in [-0.4, -0.2) is 27.6 Å². The predicted octanol–water partition coefficient (Wildman–Crippen LogP) is 5.71. The summed E-state index contributed by atoms with van der Waals surface area (Å²) in [5, 5.41) is 4.92. The van der Waals surface area contributed by atoms with Crippen LogP contribution in [0.15, 0.2) is 102 Å². The molecule has 6 aromatic rings. The summed E-state index contributed by atoms with van der Waals surface area (Å²) in [5.74, 6) is 0. The topological polar surface area (TPSA) is 91.3 Å². The Kier molecular flexibility index (Phi) is 7.47. The van der Waals surface area contributed by atoms with Gasteiger partial charge in [0.15, 0.2) is 5.52 Å². The minimum atomic E-state index is -4.33. The van der Waals surface area contributed by atoms with E-state index in [1.165, 1.54) is 11.1 Å². The highest BCUT2D eigenvalue weighted by atomic mass is 32.2. The van der Waals surface area contributed by atoms with Crippen molar-refractivity contribution in [3.8, 4) is 11.1 Å². The number of pyridine rings is 1. The Hall–Kier alpha value is -4.40. The Morgan fingerprint density at radius 2 is 1.45 bits per heavy atom. The first-order chi connectivity index (χ1) is 19.1. The fourth-order valence-corrected chi connectivity index (χ4v) is 6.14. The van der Waals surface area contributed by atoms with Crippen LogP contribution in [0.25, 0.3) is 27.8 Å². The number of aromatic nitrogens is 4. The normalized spacial score (nSPS) is 11.4. The molecule has 3 aromatic carbocycles. The number of para-hydroxylation sites is 2. The number of fused-ring (bicyclic) bond motifs is 3. The standard InChI is InChI=1S/C23H19N4.C9H12O3S/c1-17-20(19-11-13-24-14-12-19)15-23-26(16-18-7-3-2-4-8-18)21-9-5-6-10-22(21)27(23)25-17;1-6-4-7(2)9(8(3)5-6)13(10,11)12/h2-15H,16H2,1H3;4-5H,1-3H3,(H,10,11,12)/q+1;/p-1. The molecule has 0 aliphatic rings. The molecule has 0 saturated carbocycles. The summed E-state index contributed by atoms with van der Waals surface area (Å²) in [4.78, 5) is 4.06. The van der Waals surface area contributed by atoms with E-state index in [-0.39, 0.29) is 4.90 Å². The van der Waals surface area contributed by atoms with Gasteiger partial charge >= 0.3 is 5.65 Å². The molecule has 6 rings (SSSR count). The van der Waals surface area contributed by atoms with Crippen LogP contribution in [-0.2, 0) is 16.7 Å². The minimum absolute atomic E-state index is 0.0851. The van der Waals surface area contributed by atoms with Gasteiger partial charge in [-0.2, -0.15) is 0 Å². The first-order valence-electron chi connectivity index (χ1n) is 12.9. The predicted molar refractivity (Wildman–Crippen MR) is 155 cm³/mol. The Labute approximate surface area is 234 Å². The van der Waals surface area contributed by atoms with Crippen LogP contribution >= 0.6 is 0 Å². The third kappa shape index (κ3) is 5.50. The summed E-state index contributed by atoms with van der Waals surface area (Å²) < 4.78 is 36.9. The van der Waals surface area contributed by atoms with E-state index in [9.17, 15) is 13.0 Å². The molecule has 202 valence electrons. The lowest BCUT2D eigenvalue weighted by Gasteiger charge is -2.14. The third-order valence-electron chi connectivity index (χ3n) is 6.84. The molecule has 0 N–H and O–H groups in total. The van der Waals surface area contributed by atoms with E-state index in [1.807, 2.05) is 31.5 Å². The molecule has 40 heavy (non-hydrogen) atoms. The highest BCUT2D eigenvalue weighted by molar-refractivity contribution is 7.85. The monoisotopic (exact) mass is 550 g/mol. The first kappa shape index (κ1) is 27.2. The quantitative estimate of drug-likeness (QED) is 0.207. The average molecular weight is 551 g/mol. The molecule has 0 unspecified atom stereocenters. The van der Waals surface area contributed by atoms with Gasteiger partial charge in [0.05, 0.1) is 10.6 Å². The highest BCUT2D eigenvalue weighted by Crippen LogP contribution is 2.25. The van der Waals surface area contributed by atoms with Crippen LogP contribution in [0.1, 0.15) is 27.9 Å². The average Bonchev–Trinajstić information content (AvgIpc) is 3.20. The molecule has 3 aromatic heterocycles. The molecule has 0 bridgehead atoms. The second-order valence-electron chi connectivity index (χ2n) is 9.89. The van der Waals surface area contributed by atoms with E-state index in [2.05, 4.69) is 81.7 Å². The Bertz CT molecular complexity index is 1910. The van der Waals surface area contributed by atoms with Crippen LogP contribution in [0.5, 0.6) is 0 Å². The van der Waals surface area contributed by atoms with Gasteiger partial charge in [0.25, 0.3) is 0 Å². The maximum atomic E-state index is 10.8. The number of hydrogen-bond donors (Lipinski definition) is 0. The zero-order valence-corrected chi connectivity index (χ0v) is 23.7. The molecule has 0 aliphatic heterocycles. The summed E-state index contributed by atoms with van der Waals surface area (Å²) in [6.45, 7) is 7.99. The lowest BCUT2D eigenvalue weighted by molar-refractivity contribution is -0.636. The number of hydrogen-bond acceptors (Lipinski definition) is 5. The number of benzene rings is 3. The van der Waals surface area contributed by atoms with E-state index in [1.54, 1.807) is 26.0 Å². The van der Waals surface area contributed by atoms with Crippen LogP contribution < -0.4 is 4.57 Å². The molecule has 0 aliphatic carbocycles. The van der Waals surface area contributed by atoms with Crippen molar-refractivity contribution in [1.29, 1.82) is 0 Å². The smallest absolute Gasteiger partial charge is 0.309 e. The molecule has 0 radical (unpaired) electrons. The summed E-state index contributed by atoms with van der Waals surface area (Å²) in [6, 6.07) is 28.7. The van der Waals surface area contributed by atoms with Gasteiger partial charge in [-0.3, -0.25) is 4.98 Å². The molecule has 0 amide bonds. The fourth-order valence-electron chi connectivity index (χ4n) is 5.23. The molecule has 0 atom stereocenters. The lowest BCUT2D eigenvalue weighted by atomic mass is 10.1. The largest absolute Gasteiger partial charge is 0.744 e. The summed E-state index contributed by atoms with van der Waals surface area (Å²) in [5.41, 5.74) is 9.92. The van der Waals surface area contributed by atoms with Crippen molar-refractivity contribution >= 4 is 26.8 Å². The lowest BCUT2D eigenvalue weighted by Crippen LogP contribution is -2.34. The van der Waals surface area contributed by atoms with Crippen molar-refractivity contribution in [2.45, 2.75) is 39.1 Å². The SMILES string of the molecule is Cc1cc(C)c(S(=O)(=O)[O-])c(C)c1.Cc1nn2c3ccccc3[n+](Cc3ccccc3)c2cc1-c1ccncc1. The maximum Gasteiger partial charge on any atom is 0.309 e. The molecule has 0 spiro atoms. The van der Waals surface area contributed by atoms with Crippen LogP contribution in [0.4, 0.5) is 0 Å². The van der Waals surface area contributed by atoms with Crippen molar-refractivity contribution in [3.63, 3.8) is 0 Å². The maximum absolute atomic E-state index is 10.8. The van der Waals surface area contributed by atoms with Crippen molar-refractivity contribution in [2.24, 2.45) is 0 Å². The van der Waals surface area contributed by atoms with Gasteiger partial charge in [0.1, 0.15) is 16.7 Å². The second kappa shape index (κ2) is 11.0. The zero-order valence-electron chi connectivity index (χ0n) is 22.9. The molecular weight excluding hydrogens is 520 g/mol. The summed E-state index contributed by atoms with van der Waals surface area (Å²) in [7, 11) is -4.33. The van der Waals surface area contributed by atoms with Gasteiger partial charge in [-0.15, -0.1) is 0 Å². The van der Waals surface area contributed by atoms with Crippen LogP contribution in [0.2, 0.25) is 0 Å². The van der Waals surface area contributed by atoms with Gasteiger partial charge in [-0.05, 0) is 74.2 Å². The Balaban J connectivity index is 0.000000210. The Morgan fingerprint density at radius 1 is 0.825 bits per heavy atom. The van der Waals surface area contributed by atoms with E-state index < -0.39 is 10.1 Å². The van der Waals surface area contributed by atoms with Crippen molar-refractivity contribution in [1.82, 2.24) is 14.6 Å². The number of imidazole rings is 1. The summed E-state index contributed by atoms with van der Waals surface area (Å²) in [6.07, 6.45) is 3.65. The number of rotatable bonds is 4. The molecule has 8 heteroatoms. The van der Waals surface area contributed by atoms with Crippen LogP contribution in [0.3, 0.4) is 0 Å². The van der Waals surface area contributed by atoms with Gasteiger partial charge < -0.3 is 4.55 Å². The third-order valence-corrected chi connectivity index (χ3v) is 7.98. The van der Waals surface area contributed by atoms with Gasteiger partial charge in [-0.25, -0.2) is 13.0 Å². The van der Waals surface area contributed by atoms with Crippen molar-refractivity contribution in [3.05, 3.63) is 125 Å². The van der Waals surface area contributed by atoms with E-state index in [0.717, 1.165) is 40.1 Å². The van der Waals surface area contributed by atoms with Gasteiger partial charge in [0.2, 0.25) is 5.52 Å². The molecule has 3 heterocycles. The van der Waals surface area contributed by atoms with E-state index >= 15 is 0 Å². The van der Waals surface area contributed by atoms with Crippen LogP contribution in [0, 0.1) is 27.7 Å². The fraction of sp³-hybridized carbons (Fsp3) is 0.156. The number of nitrogens with zero attached hydrogens (tertiary/aromatic N) is 4. The summed E-state index contributed by atoms with van der Waals surface area (Å²) >= 11 is 0. The molecule has 0 fully saturated rings. The Morgan fingerprint density at radius 3 is 2.10 bits per heavy atom. The highest BCUT2D eigenvalue weighted by Gasteiger charge is 2.22. The van der Waals surface area contributed by atoms with E-state index in [4.69, 9.17) is 5.10 Å². The first-order valence-corrected chi connectivity index (χ1v) is 14.3. The second-order valence-corrected chi connectivity index (χ2v) is 11.2. The van der Waals surface area contributed by atoms with Gasteiger partial charge in [-0.1, -0.05) is 69.8 Å². The minimum Gasteiger partial charge on any atom is -0.744 e. The van der Waals surface area contributed by atoms with Crippen molar-refractivity contribution in [2.75, 3.05) is 0 Å². The van der Waals surface area contributed by atoms with Gasteiger partial charge in [0, 0.05) is 24.0 Å². The van der Waals surface area contributed by atoms with Crippen molar-refractivity contribution < 1.29 is 17.5 Å².